The van der Waals surface area contributed by atoms with Gasteiger partial charge in [-0.2, -0.15) is 0 Å². The van der Waals surface area contributed by atoms with Crippen molar-refractivity contribution in [2.24, 2.45) is 7.05 Å². The summed E-state index contributed by atoms with van der Waals surface area (Å²) in [6.07, 6.45) is 0.958. The Balaban J connectivity index is 1.83. The molecule has 22 heavy (non-hydrogen) atoms. The van der Waals surface area contributed by atoms with Crippen molar-refractivity contribution < 1.29 is 0 Å². The molecule has 0 aliphatic carbocycles. The summed E-state index contributed by atoms with van der Waals surface area (Å²) in [5.74, 6) is 0.895. The summed E-state index contributed by atoms with van der Waals surface area (Å²) >= 11 is 5.01. The van der Waals surface area contributed by atoms with E-state index >= 15 is 0 Å². The molecule has 0 aliphatic heterocycles. The van der Waals surface area contributed by atoms with Crippen molar-refractivity contribution >= 4 is 38.6 Å². The summed E-state index contributed by atoms with van der Waals surface area (Å²) in [7, 11) is 1.78. The van der Waals surface area contributed by atoms with E-state index in [9.17, 15) is 4.79 Å². The lowest BCUT2D eigenvalue weighted by Crippen LogP contribution is -2.20. The highest BCUT2D eigenvalue weighted by Gasteiger charge is 2.09. The van der Waals surface area contributed by atoms with Gasteiger partial charge in [0.15, 0.2) is 5.16 Å². The molecule has 0 amide bonds. The Morgan fingerprint density at radius 3 is 2.73 bits per heavy atom. The Bertz CT molecular complexity index is 862. The molecule has 3 aromatic rings. The van der Waals surface area contributed by atoms with Crippen molar-refractivity contribution in [1.29, 1.82) is 0 Å². The summed E-state index contributed by atoms with van der Waals surface area (Å²) in [4.78, 5) is 17.0. The van der Waals surface area contributed by atoms with E-state index in [-0.39, 0.29) is 5.56 Å². The highest BCUT2D eigenvalue weighted by atomic mass is 79.9. The second-order valence-electron chi connectivity index (χ2n) is 5.00. The molecule has 112 valence electrons. The maximum absolute atomic E-state index is 12.4. The molecule has 1 aromatic heterocycles. The van der Waals surface area contributed by atoms with Crippen LogP contribution >= 0.6 is 27.7 Å². The predicted octanol–water partition coefficient (Wildman–Crippen LogP) is 4.03. The van der Waals surface area contributed by atoms with Gasteiger partial charge in [0.25, 0.3) is 5.56 Å². The van der Waals surface area contributed by atoms with Gasteiger partial charge in [0.2, 0.25) is 0 Å². The predicted molar refractivity (Wildman–Crippen MR) is 95.6 cm³/mol. The number of thioether (sulfide) groups is 1. The highest BCUT2D eigenvalue weighted by molar-refractivity contribution is 9.10. The SMILES string of the molecule is Cn1c(SCCc2ccccc2)nc2ccc(Br)cc2c1=O. The zero-order chi connectivity index (χ0) is 15.5. The fourth-order valence-corrected chi connectivity index (χ4v) is 3.58. The van der Waals surface area contributed by atoms with Crippen molar-refractivity contribution in [2.75, 3.05) is 5.75 Å². The van der Waals surface area contributed by atoms with Crippen LogP contribution in [-0.4, -0.2) is 15.3 Å². The minimum Gasteiger partial charge on any atom is -0.290 e. The van der Waals surface area contributed by atoms with Crippen LogP contribution in [0.3, 0.4) is 0 Å². The number of fused-ring (bicyclic) bond motifs is 1. The Labute approximate surface area is 141 Å². The van der Waals surface area contributed by atoms with Crippen LogP contribution in [0.5, 0.6) is 0 Å². The molecule has 3 nitrogen and oxygen atoms in total. The Kier molecular flexibility index (Phi) is 4.64. The molecule has 5 heteroatoms. The average Bonchev–Trinajstić information content (AvgIpc) is 2.54. The first-order chi connectivity index (χ1) is 10.6. The molecular weight excluding hydrogens is 360 g/mol. The number of aryl methyl sites for hydroxylation is 1. The fourth-order valence-electron chi connectivity index (χ4n) is 2.26. The van der Waals surface area contributed by atoms with Crippen molar-refractivity contribution in [3.05, 3.63) is 68.9 Å². The monoisotopic (exact) mass is 374 g/mol. The molecule has 0 N–H and O–H groups in total. The van der Waals surface area contributed by atoms with Crippen LogP contribution in [0.15, 0.2) is 63.0 Å². The number of benzene rings is 2. The number of nitrogens with zero attached hydrogens (tertiary/aromatic N) is 2. The van der Waals surface area contributed by atoms with Crippen LogP contribution in [0, 0.1) is 0 Å². The molecule has 3 rings (SSSR count). The molecule has 0 saturated carbocycles. The molecule has 0 aliphatic rings. The summed E-state index contributed by atoms with van der Waals surface area (Å²) < 4.78 is 2.52. The summed E-state index contributed by atoms with van der Waals surface area (Å²) in [5.41, 5.74) is 2.03. The summed E-state index contributed by atoms with van der Waals surface area (Å²) in [6, 6.07) is 15.9. The zero-order valence-corrected chi connectivity index (χ0v) is 14.5. The maximum atomic E-state index is 12.4. The first-order valence-corrected chi connectivity index (χ1v) is 8.76. The van der Waals surface area contributed by atoms with Gasteiger partial charge in [0.1, 0.15) is 0 Å². The van der Waals surface area contributed by atoms with E-state index in [4.69, 9.17) is 0 Å². The number of rotatable bonds is 4. The van der Waals surface area contributed by atoms with Gasteiger partial charge in [-0.25, -0.2) is 4.98 Å². The number of aromatic nitrogens is 2. The molecule has 0 spiro atoms. The van der Waals surface area contributed by atoms with Crippen molar-refractivity contribution in [3.63, 3.8) is 0 Å². The quantitative estimate of drug-likeness (QED) is 0.510. The lowest BCUT2D eigenvalue weighted by Gasteiger charge is -2.09. The zero-order valence-electron chi connectivity index (χ0n) is 12.1. The summed E-state index contributed by atoms with van der Waals surface area (Å²) in [5, 5.41) is 1.40. The van der Waals surface area contributed by atoms with Crippen LogP contribution in [0.25, 0.3) is 10.9 Å². The van der Waals surface area contributed by atoms with Gasteiger partial charge in [-0.1, -0.05) is 58.0 Å². The van der Waals surface area contributed by atoms with Gasteiger partial charge < -0.3 is 0 Å². The lowest BCUT2D eigenvalue weighted by molar-refractivity contribution is 0.726. The third-order valence-corrected chi connectivity index (χ3v) is 4.99. The molecule has 2 aromatic carbocycles. The second-order valence-corrected chi connectivity index (χ2v) is 6.98. The second kappa shape index (κ2) is 6.67. The number of hydrogen-bond acceptors (Lipinski definition) is 3. The third-order valence-electron chi connectivity index (χ3n) is 3.46. The highest BCUT2D eigenvalue weighted by Crippen LogP contribution is 2.20. The van der Waals surface area contributed by atoms with Crippen LogP contribution in [0.1, 0.15) is 5.56 Å². The molecule has 0 saturated heterocycles. The molecular formula is C17H15BrN2OS. The average molecular weight is 375 g/mol. The molecule has 0 radical (unpaired) electrons. The molecule has 0 unspecified atom stereocenters. The van der Waals surface area contributed by atoms with Gasteiger partial charge in [-0.15, -0.1) is 0 Å². The molecule has 0 atom stereocenters. The molecule has 0 bridgehead atoms. The minimum absolute atomic E-state index is 0.00601. The Morgan fingerprint density at radius 2 is 1.95 bits per heavy atom. The molecule has 1 heterocycles. The van der Waals surface area contributed by atoms with E-state index in [1.54, 1.807) is 23.4 Å². The Morgan fingerprint density at radius 1 is 1.18 bits per heavy atom. The lowest BCUT2D eigenvalue weighted by atomic mass is 10.2. The molecule has 0 fully saturated rings. The van der Waals surface area contributed by atoms with Gasteiger partial charge in [-0.3, -0.25) is 9.36 Å². The minimum atomic E-state index is -0.00601. The summed E-state index contributed by atoms with van der Waals surface area (Å²) in [6.45, 7) is 0. The van der Waals surface area contributed by atoms with Gasteiger partial charge in [-0.05, 0) is 30.2 Å². The van der Waals surface area contributed by atoms with E-state index in [1.165, 1.54) is 5.56 Å². The van der Waals surface area contributed by atoms with Gasteiger partial charge >= 0.3 is 0 Å². The van der Waals surface area contributed by atoms with E-state index in [0.717, 1.165) is 27.3 Å². The largest absolute Gasteiger partial charge is 0.290 e. The van der Waals surface area contributed by atoms with Crippen molar-refractivity contribution in [3.8, 4) is 0 Å². The van der Waals surface area contributed by atoms with Crippen LogP contribution in [0.4, 0.5) is 0 Å². The topological polar surface area (TPSA) is 34.9 Å². The number of hydrogen-bond donors (Lipinski definition) is 0. The van der Waals surface area contributed by atoms with Gasteiger partial charge in [0, 0.05) is 17.3 Å². The van der Waals surface area contributed by atoms with Crippen LogP contribution < -0.4 is 5.56 Å². The smallest absolute Gasteiger partial charge is 0.261 e. The van der Waals surface area contributed by atoms with E-state index in [0.29, 0.717) is 5.39 Å². The third kappa shape index (κ3) is 3.25. The first kappa shape index (κ1) is 15.3. The van der Waals surface area contributed by atoms with Crippen molar-refractivity contribution in [2.45, 2.75) is 11.6 Å². The van der Waals surface area contributed by atoms with E-state index in [1.807, 2.05) is 36.4 Å². The normalized spacial score (nSPS) is 11.0. The Hall–Kier alpha value is -1.59. The fraction of sp³-hybridized carbons (Fsp3) is 0.176. The van der Waals surface area contributed by atoms with E-state index < -0.39 is 0 Å². The van der Waals surface area contributed by atoms with Crippen LogP contribution in [-0.2, 0) is 13.5 Å². The first-order valence-electron chi connectivity index (χ1n) is 6.98. The van der Waals surface area contributed by atoms with Crippen LogP contribution in [0.2, 0.25) is 0 Å². The standard InChI is InChI=1S/C17H15BrN2OS/c1-20-16(21)14-11-13(18)7-8-15(14)19-17(20)22-10-9-12-5-3-2-4-6-12/h2-8,11H,9-10H2,1H3. The van der Waals surface area contributed by atoms with Gasteiger partial charge in [0.05, 0.1) is 10.9 Å². The number of halogens is 1. The van der Waals surface area contributed by atoms with Crippen molar-refractivity contribution in [1.82, 2.24) is 9.55 Å². The van der Waals surface area contributed by atoms with E-state index in [2.05, 4.69) is 33.0 Å². The maximum Gasteiger partial charge on any atom is 0.261 e.